The van der Waals surface area contributed by atoms with Crippen molar-refractivity contribution in [2.24, 2.45) is 5.92 Å². The molecule has 1 aliphatic rings. The summed E-state index contributed by atoms with van der Waals surface area (Å²) in [5, 5.41) is 17.3. The van der Waals surface area contributed by atoms with E-state index in [1.54, 1.807) is 4.90 Å². The highest BCUT2D eigenvalue weighted by Gasteiger charge is 2.40. The van der Waals surface area contributed by atoms with Gasteiger partial charge in [-0.2, -0.15) is 10.5 Å². The highest BCUT2D eigenvalue weighted by atomic mass is 16.2. The predicted octanol–water partition coefficient (Wildman–Crippen LogP) is 1.29. The number of amides is 2. The van der Waals surface area contributed by atoms with Crippen LogP contribution in [0.5, 0.6) is 0 Å². The maximum atomic E-state index is 12.5. The first-order chi connectivity index (χ1) is 9.81. The molecule has 2 amide bonds. The maximum absolute atomic E-state index is 12.5. The van der Waals surface area contributed by atoms with Gasteiger partial charge in [0.1, 0.15) is 0 Å². The molecule has 1 fully saturated rings. The number of nitrogens with zero attached hydrogens (tertiary/aromatic N) is 4. The third-order valence-electron chi connectivity index (χ3n) is 3.58. The lowest BCUT2D eigenvalue weighted by Crippen LogP contribution is -2.44. The van der Waals surface area contributed by atoms with Gasteiger partial charge in [-0.25, -0.2) is 0 Å². The number of rotatable bonds is 5. The molecule has 1 heterocycles. The summed E-state index contributed by atoms with van der Waals surface area (Å²) in [7, 11) is 0. The lowest BCUT2D eigenvalue weighted by Gasteiger charge is -2.32. The summed E-state index contributed by atoms with van der Waals surface area (Å²) in [6.45, 7) is 6.88. The van der Waals surface area contributed by atoms with Crippen LogP contribution >= 0.6 is 0 Å². The van der Waals surface area contributed by atoms with Crippen molar-refractivity contribution in [3.8, 4) is 12.1 Å². The number of hydrogen-bond donors (Lipinski definition) is 0. The van der Waals surface area contributed by atoms with Crippen LogP contribution in [0.3, 0.4) is 0 Å². The number of carbonyl (C=O) groups is 2. The van der Waals surface area contributed by atoms with Crippen LogP contribution in [0.2, 0.25) is 0 Å². The van der Waals surface area contributed by atoms with E-state index in [1.807, 2.05) is 32.9 Å². The summed E-state index contributed by atoms with van der Waals surface area (Å²) in [6, 6.07) is 4.02. The molecule has 0 bridgehead atoms. The first-order valence-corrected chi connectivity index (χ1v) is 7.14. The van der Waals surface area contributed by atoms with E-state index in [1.165, 1.54) is 4.90 Å². The second-order valence-electron chi connectivity index (χ2n) is 6.22. The number of carbonyl (C=O) groups excluding carboxylic acids is 2. The number of hydrogen-bond acceptors (Lipinski definition) is 4. The van der Waals surface area contributed by atoms with Crippen LogP contribution < -0.4 is 0 Å². The van der Waals surface area contributed by atoms with Crippen LogP contribution in [0.15, 0.2) is 0 Å². The van der Waals surface area contributed by atoms with Gasteiger partial charge in [-0.05, 0) is 20.8 Å². The largest absolute Gasteiger partial charge is 0.340 e. The van der Waals surface area contributed by atoms with Crippen LogP contribution in [0, 0.1) is 28.6 Å². The van der Waals surface area contributed by atoms with E-state index in [2.05, 4.69) is 0 Å². The first kappa shape index (κ1) is 17.0. The summed E-state index contributed by atoms with van der Waals surface area (Å²) >= 11 is 0. The number of likely N-dealkylation sites (tertiary alicyclic amines) is 1. The molecule has 1 rings (SSSR count). The normalized spacial score (nSPS) is 18.2. The van der Waals surface area contributed by atoms with Crippen LogP contribution in [-0.2, 0) is 9.59 Å². The van der Waals surface area contributed by atoms with Crippen LogP contribution in [0.1, 0.15) is 40.0 Å². The molecule has 1 aliphatic heterocycles. The average molecular weight is 290 g/mol. The fourth-order valence-corrected chi connectivity index (χ4v) is 2.48. The Morgan fingerprint density at radius 2 is 1.81 bits per heavy atom. The molecule has 1 saturated heterocycles. The van der Waals surface area contributed by atoms with Gasteiger partial charge in [0, 0.05) is 31.6 Å². The fourth-order valence-electron chi connectivity index (χ4n) is 2.48. The molecule has 1 unspecified atom stereocenters. The summed E-state index contributed by atoms with van der Waals surface area (Å²) < 4.78 is 0. The van der Waals surface area contributed by atoms with Gasteiger partial charge in [0.25, 0.3) is 0 Å². The summed E-state index contributed by atoms with van der Waals surface area (Å²) in [6.07, 6.45) is 0.688. The number of nitriles is 2. The molecular formula is C15H22N4O2. The topological polar surface area (TPSA) is 88.2 Å². The maximum Gasteiger partial charge on any atom is 0.228 e. The molecule has 0 aliphatic carbocycles. The third-order valence-corrected chi connectivity index (χ3v) is 3.58. The Morgan fingerprint density at radius 1 is 1.29 bits per heavy atom. The first-order valence-electron chi connectivity index (χ1n) is 7.14. The van der Waals surface area contributed by atoms with Crippen molar-refractivity contribution in [1.29, 1.82) is 10.5 Å². The van der Waals surface area contributed by atoms with Crippen molar-refractivity contribution in [2.45, 2.75) is 45.6 Å². The quantitative estimate of drug-likeness (QED) is 0.763. The van der Waals surface area contributed by atoms with Crippen molar-refractivity contribution in [3.05, 3.63) is 0 Å². The van der Waals surface area contributed by atoms with Gasteiger partial charge in [0.15, 0.2) is 0 Å². The molecule has 0 spiro atoms. The van der Waals surface area contributed by atoms with Crippen molar-refractivity contribution in [2.75, 3.05) is 19.6 Å². The minimum atomic E-state index is -0.367. The smallest absolute Gasteiger partial charge is 0.228 e. The predicted molar refractivity (Wildman–Crippen MR) is 76.6 cm³/mol. The molecule has 6 nitrogen and oxygen atoms in total. The van der Waals surface area contributed by atoms with Gasteiger partial charge in [-0.1, -0.05) is 0 Å². The molecule has 0 N–H and O–H groups in total. The molecule has 0 aromatic carbocycles. The van der Waals surface area contributed by atoms with Crippen LogP contribution in [0.25, 0.3) is 0 Å². The van der Waals surface area contributed by atoms with Crippen molar-refractivity contribution < 1.29 is 9.59 Å². The second-order valence-corrected chi connectivity index (χ2v) is 6.22. The molecule has 0 radical (unpaired) electrons. The van der Waals surface area contributed by atoms with Crippen LogP contribution in [0.4, 0.5) is 0 Å². The van der Waals surface area contributed by atoms with Crippen molar-refractivity contribution >= 4 is 11.8 Å². The van der Waals surface area contributed by atoms with E-state index < -0.39 is 0 Å². The molecule has 0 saturated carbocycles. The van der Waals surface area contributed by atoms with Gasteiger partial charge >= 0.3 is 0 Å². The van der Waals surface area contributed by atoms with E-state index in [-0.39, 0.29) is 42.5 Å². The van der Waals surface area contributed by atoms with E-state index in [4.69, 9.17) is 10.5 Å². The Morgan fingerprint density at radius 3 is 2.19 bits per heavy atom. The summed E-state index contributed by atoms with van der Waals surface area (Å²) in [4.78, 5) is 27.8. The molecule has 114 valence electrons. The molecule has 0 aromatic rings. The highest BCUT2D eigenvalue weighted by Crippen LogP contribution is 2.27. The average Bonchev–Trinajstić information content (AvgIpc) is 2.80. The molecule has 6 heteroatoms. The van der Waals surface area contributed by atoms with E-state index in [9.17, 15) is 9.59 Å². The Hall–Kier alpha value is -2.08. The SMILES string of the molecule is CC(C)(C)N1CC(C(=O)N(CCC#N)CCC#N)CC1=O. The van der Waals surface area contributed by atoms with Gasteiger partial charge in [0.05, 0.1) is 30.9 Å². The monoisotopic (exact) mass is 290 g/mol. The third kappa shape index (κ3) is 4.46. The zero-order chi connectivity index (χ0) is 16.0. The van der Waals surface area contributed by atoms with Gasteiger partial charge in [-0.3, -0.25) is 9.59 Å². The van der Waals surface area contributed by atoms with E-state index >= 15 is 0 Å². The van der Waals surface area contributed by atoms with Gasteiger partial charge in [-0.15, -0.1) is 0 Å². The van der Waals surface area contributed by atoms with E-state index in [0.717, 1.165) is 0 Å². The second kappa shape index (κ2) is 7.08. The van der Waals surface area contributed by atoms with E-state index in [0.29, 0.717) is 19.6 Å². The molecule has 1 atom stereocenters. The van der Waals surface area contributed by atoms with Crippen molar-refractivity contribution in [1.82, 2.24) is 9.80 Å². The minimum absolute atomic E-state index is 0.0126. The molecule has 21 heavy (non-hydrogen) atoms. The lowest BCUT2D eigenvalue weighted by atomic mass is 10.1. The highest BCUT2D eigenvalue weighted by molar-refractivity contribution is 5.89. The van der Waals surface area contributed by atoms with Crippen LogP contribution in [-0.4, -0.2) is 46.8 Å². The zero-order valence-electron chi connectivity index (χ0n) is 12.9. The minimum Gasteiger partial charge on any atom is -0.340 e. The Kier molecular flexibility index (Phi) is 5.72. The zero-order valence-corrected chi connectivity index (χ0v) is 12.9. The fraction of sp³-hybridized carbons (Fsp3) is 0.733. The molecular weight excluding hydrogens is 268 g/mol. The summed E-state index contributed by atoms with van der Waals surface area (Å²) in [5.74, 6) is -0.504. The van der Waals surface area contributed by atoms with Gasteiger partial charge < -0.3 is 9.80 Å². The van der Waals surface area contributed by atoms with Gasteiger partial charge in [0.2, 0.25) is 11.8 Å². The summed E-state index contributed by atoms with van der Waals surface area (Å²) in [5.41, 5.74) is -0.295. The standard InChI is InChI=1S/C15H22N4O2/c1-15(2,3)19-11-12(10-13(19)20)14(21)18(8-4-6-16)9-5-7-17/h12H,4-5,8-11H2,1-3H3. The van der Waals surface area contributed by atoms with Crippen molar-refractivity contribution in [3.63, 3.8) is 0 Å². The lowest BCUT2D eigenvalue weighted by molar-refractivity contribution is -0.135. The Balaban J connectivity index is 2.74. The molecule has 0 aromatic heterocycles. The Labute approximate surface area is 125 Å². The Bertz CT molecular complexity index is 463.